The van der Waals surface area contributed by atoms with Crippen molar-refractivity contribution in [3.63, 3.8) is 0 Å². The van der Waals surface area contributed by atoms with E-state index in [9.17, 15) is 13.5 Å². The lowest BCUT2D eigenvalue weighted by Crippen LogP contribution is -2.16. The Bertz CT molecular complexity index is 778. The van der Waals surface area contributed by atoms with E-state index in [0.29, 0.717) is 21.7 Å². The summed E-state index contributed by atoms with van der Waals surface area (Å²) in [6, 6.07) is 14.7. The van der Waals surface area contributed by atoms with Crippen molar-refractivity contribution in [2.45, 2.75) is 11.9 Å². The second-order valence-corrected chi connectivity index (χ2v) is 7.48. The molecule has 2 rings (SSSR count). The fourth-order valence-electron chi connectivity index (χ4n) is 2.01. The zero-order valence-electron chi connectivity index (χ0n) is 11.6. The lowest BCUT2D eigenvalue weighted by Gasteiger charge is -2.12. The first-order valence-corrected chi connectivity index (χ1v) is 8.72. The summed E-state index contributed by atoms with van der Waals surface area (Å²) in [5.74, 6) is -0.529. The van der Waals surface area contributed by atoms with Crippen molar-refractivity contribution in [1.82, 2.24) is 0 Å². The zero-order valence-corrected chi connectivity index (χ0v) is 13.2. The van der Waals surface area contributed by atoms with Crippen LogP contribution in [0.1, 0.15) is 22.8 Å². The van der Waals surface area contributed by atoms with Crippen molar-refractivity contribution in [3.8, 4) is 6.07 Å². The lowest BCUT2D eigenvalue weighted by molar-refractivity contribution is 0.201. The number of nitriles is 1. The largest absolute Gasteiger partial charge is 0.387 e. The van der Waals surface area contributed by atoms with Gasteiger partial charge >= 0.3 is 0 Å². The molecule has 0 saturated heterocycles. The third-order valence-electron chi connectivity index (χ3n) is 3.14. The molecule has 1 unspecified atom stereocenters. The van der Waals surface area contributed by atoms with Gasteiger partial charge in [0.2, 0.25) is 0 Å². The van der Waals surface area contributed by atoms with Gasteiger partial charge in [0.1, 0.15) is 0 Å². The van der Waals surface area contributed by atoms with Crippen molar-refractivity contribution in [3.05, 3.63) is 70.2 Å². The van der Waals surface area contributed by atoms with Crippen LogP contribution in [0.5, 0.6) is 0 Å². The highest BCUT2D eigenvalue weighted by Gasteiger charge is 2.19. The molecule has 2 aromatic carbocycles. The van der Waals surface area contributed by atoms with Crippen LogP contribution in [0.3, 0.4) is 0 Å². The fourth-order valence-corrected chi connectivity index (χ4v) is 3.63. The molecule has 0 spiro atoms. The van der Waals surface area contributed by atoms with Crippen LogP contribution in [-0.4, -0.2) is 19.3 Å². The molecule has 114 valence electrons. The maximum Gasteiger partial charge on any atom is 0.157 e. The summed E-state index contributed by atoms with van der Waals surface area (Å²) < 4.78 is 24.3. The lowest BCUT2D eigenvalue weighted by atomic mass is 10.1. The van der Waals surface area contributed by atoms with Crippen molar-refractivity contribution >= 4 is 21.4 Å². The van der Waals surface area contributed by atoms with E-state index in [4.69, 9.17) is 16.9 Å². The van der Waals surface area contributed by atoms with Crippen LogP contribution in [-0.2, 0) is 15.6 Å². The molecule has 0 aromatic heterocycles. The number of hydrogen-bond donors (Lipinski definition) is 1. The van der Waals surface area contributed by atoms with Gasteiger partial charge in [-0.25, -0.2) is 8.42 Å². The SMILES string of the molecule is N#Cc1ccc(C(O)CS(=O)(=O)Cc2ccc(Cl)cc2)cc1. The molecule has 0 aliphatic carbocycles. The fraction of sp³-hybridized carbons (Fsp3) is 0.188. The second kappa shape index (κ2) is 6.93. The van der Waals surface area contributed by atoms with Gasteiger partial charge in [0.05, 0.1) is 29.2 Å². The molecule has 0 heterocycles. The van der Waals surface area contributed by atoms with Crippen molar-refractivity contribution in [2.24, 2.45) is 0 Å². The number of sulfone groups is 1. The zero-order chi connectivity index (χ0) is 16.2. The average Bonchev–Trinajstić information content (AvgIpc) is 2.49. The minimum absolute atomic E-state index is 0.155. The van der Waals surface area contributed by atoms with Gasteiger partial charge in [-0.2, -0.15) is 5.26 Å². The standard InChI is InChI=1S/C16H14ClNO3S/c17-15-7-3-13(4-8-15)10-22(20,21)11-16(19)14-5-1-12(9-18)2-6-14/h1-8,16,19H,10-11H2. The number of benzene rings is 2. The van der Waals surface area contributed by atoms with Crippen LogP contribution < -0.4 is 0 Å². The molecule has 0 aliphatic heterocycles. The summed E-state index contributed by atoms with van der Waals surface area (Å²) in [7, 11) is -3.47. The Labute approximate surface area is 134 Å². The molecular formula is C16H14ClNO3S. The van der Waals surface area contributed by atoms with E-state index in [2.05, 4.69) is 0 Å². The summed E-state index contributed by atoms with van der Waals surface area (Å²) in [6.45, 7) is 0. The van der Waals surface area contributed by atoms with Crippen molar-refractivity contribution < 1.29 is 13.5 Å². The monoisotopic (exact) mass is 335 g/mol. The van der Waals surface area contributed by atoms with Gasteiger partial charge in [0.25, 0.3) is 0 Å². The summed E-state index contributed by atoms with van der Waals surface area (Å²) in [6.07, 6.45) is -1.12. The summed E-state index contributed by atoms with van der Waals surface area (Å²) >= 11 is 5.76. The van der Waals surface area contributed by atoms with E-state index in [1.54, 1.807) is 48.5 Å². The van der Waals surface area contributed by atoms with E-state index in [-0.39, 0.29) is 11.5 Å². The Morgan fingerprint density at radius 3 is 2.23 bits per heavy atom. The molecule has 0 fully saturated rings. The van der Waals surface area contributed by atoms with E-state index in [1.807, 2.05) is 6.07 Å². The molecular weight excluding hydrogens is 322 g/mol. The maximum atomic E-state index is 12.1. The molecule has 2 aromatic rings. The highest BCUT2D eigenvalue weighted by Crippen LogP contribution is 2.19. The van der Waals surface area contributed by atoms with E-state index >= 15 is 0 Å². The normalized spacial score (nSPS) is 12.6. The quantitative estimate of drug-likeness (QED) is 0.911. The molecule has 0 saturated carbocycles. The maximum absolute atomic E-state index is 12.1. The summed E-state index contributed by atoms with van der Waals surface area (Å²) in [5.41, 5.74) is 1.55. The summed E-state index contributed by atoms with van der Waals surface area (Å²) in [5, 5.41) is 19.3. The first-order chi connectivity index (χ1) is 10.4. The predicted molar refractivity (Wildman–Crippen MR) is 85.1 cm³/mol. The minimum Gasteiger partial charge on any atom is -0.387 e. The van der Waals surface area contributed by atoms with Gasteiger partial charge in [-0.15, -0.1) is 0 Å². The minimum atomic E-state index is -3.47. The number of aliphatic hydroxyl groups excluding tert-OH is 1. The topological polar surface area (TPSA) is 78.2 Å². The van der Waals surface area contributed by atoms with Gasteiger partial charge in [-0.05, 0) is 35.4 Å². The number of aliphatic hydroxyl groups is 1. The molecule has 0 amide bonds. The summed E-state index contributed by atoms with van der Waals surface area (Å²) in [4.78, 5) is 0. The van der Waals surface area contributed by atoms with Crippen LogP contribution in [0.4, 0.5) is 0 Å². The van der Waals surface area contributed by atoms with Crippen LogP contribution in [0.15, 0.2) is 48.5 Å². The van der Waals surface area contributed by atoms with E-state index in [1.165, 1.54) is 0 Å². The van der Waals surface area contributed by atoms with E-state index in [0.717, 1.165) is 0 Å². The van der Waals surface area contributed by atoms with Crippen molar-refractivity contribution in [1.29, 1.82) is 5.26 Å². The third kappa shape index (κ3) is 4.57. The smallest absolute Gasteiger partial charge is 0.157 e. The highest BCUT2D eigenvalue weighted by molar-refractivity contribution is 7.90. The molecule has 4 nitrogen and oxygen atoms in total. The number of rotatable bonds is 5. The van der Waals surface area contributed by atoms with Crippen LogP contribution >= 0.6 is 11.6 Å². The first-order valence-electron chi connectivity index (χ1n) is 6.52. The Balaban J connectivity index is 2.07. The molecule has 1 atom stereocenters. The molecule has 0 aliphatic rings. The second-order valence-electron chi connectivity index (χ2n) is 4.93. The molecule has 6 heteroatoms. The molecule has 0 radical (unpaired) electrons. The predicted octanol–water partition coefficient (Wildman–Crippen LogP) is 2.86. The molecule has 1 N–H and O–H groups in total. The van der Waals surface area contributed by atoms with Gasteiger partial charge in [0, 0.05) is 5.02 Å². The first kappa shape index (κ1) is 16.5. The van der Waals surface area contributed by atoms with Gasteiger partial charge < -0.3 is 5.11 Å². The van der Waals surface area contributed by atoms with Gasteiger partial charge in [0.15, 0.2) is 9.84 Å². The van der Waals surface area contributed by atoms with Crippen LogP contribution in [0.25, 0.3) is 0 Å². The Hall–Kier alpha value is -1.87. The Morgan fingerprint density at radius 1 is 1.09 bits per heavy atom. The Morgan fingerprint density at radius 2 is 1.68 bits per heavy atom. The average molecular weight is 336 g/mol. The third-order valence-corrected chi connectivity index (χ3v) is 4.98. The van der Waals surface area contributed by atoms with Gasteiger partial charge in [-0.3, -0.25) is 0 Å². The van der Waals surface area contributed by atoms with Gasteiger partial charge in [-0.1, -0.05) is 35.9 Å². The van der Waals surface area contributed by atoms with E-state index < -0.39 is 15.9 Å². The molecule has 22 heavy (non-hydrogen) atoms. The Kier molecular flexibility index (Phi) is 5.19. The number of hydrogen-bond acceptors (Lipinski definition) is 4. The number of halogens is 1. The molecule has 0 bridgehead atoms. The van der Waals surface area contributed by atoms with Crippen LogP contribution in [0, 0.1) is 11.3 Å². The van der Waals surface area contributed by atoms with Crippen LogP contribution in [0.2, 0.25) is 5.02 Å². The number of nitrogens with zero attached hydrogens (tertiary/aromatic N) is 1. The highest BCUT2D eigenvalue weighted by atomic mass is 35.5. The van der Waals surface area contributed by atoms with Crippen molar-refractivity contribution in [2.75, 3.05) is 5.75 Å².